The minimum Gasteiger partial charge on any atom is -0.414 e. The summed E-state index contributed by atoms with van der Waals surface area (Å²) < 4.78 is 6.72. The maximum atomic E-state index is 10.9. The topological polar surface area (TPSA) is 29.5 Å². The quantitative estimate of drug-likeness (QED) is 0.607. The molecule has 2 rings (SSSR count). The van der Waals surface area contributed by atoms with Crippen molar-refractivity contribution in [2.75, 3.05) is 0 Å². The van der Waals surface area contributed by atoms with Crippen LogP contribution in [0.15, 0.2) is 0 Å². The molecule has 1 N–H and O–H groups in total. The third kappa shape index (κ3) is 2.60. The van der Waals surface area contributed by atoms with Crippen molar-refractivity contribution >= 4 is 8.32 Å². The molecule has 0 heterocycles. The first-order valence-electron chi connectivity index (χ1n) is 8.35. The summed E-state index contributed by atoms with van der Waals surface area (Å²) in [6.45, 7) is 13.7. The van der Waals surface area contributed by atoms with Crippen molar-refractivity contribution in [3.63, 3.8) is 0 Å². The summed E-state index contributed by atoms with van der Waals surface area (Å²) in [5.74, 6) is 3.11. The fourth-order valence-electron chi connectivity index (χ4n) is 4.07. The number of rotatable bonds is 2. The van der Waals surface area contributed by atoms with Gasteiger partial charge in [-0.05, 0) is 49.7 Å². The van der Waals surface area contributed by atoms with Crippen molar-refractivity contribution in [2.24, 2.45) is 11.3 Å². The predicted molar refractivity (Wildman–Crippen MR) is 90.5 cm³/mol. The standard InChI is InChI=1S/C18H32O2Si/c1-8-18(19)13-11-14-15(10-9-12-17(14,18)5)20-21(6,7)16(2,3)4/h1,14-15,19H,9-13H2,2-7H3/t14-,15-,17-,18-/m0/s1. The molecule has 3 heteroatoms. The summed E-state index contributed by atoms with van der Waals surface area (Å²) in [6.07, 6.45) is 10.9. The highest BCUT2D eigenvalue weighted by molar-refractivity contribution is 6.74. The van der Waals surface area contributed by atoms with Crippen LogP contribution in [-0.4, -0.2) is 25.1 Å². The molecule has 0 aliphatic heterocycles. The van der Waals surface area contributed by atoms with Gasteiger partial charge in [-0.3, -0.25) is 0 Å². The average molecular weight is 309 g/mol. The van der Waals surface area contributed by atoms with Gasteiger partial charge in [0.15, 0.2) is 8.32 Å². The van der Waals surface area contributed by atoms with E-state index >= 15 is 0 Å². The van der Waals surface area contributed by atoms with Crippen molar-refractivity contribution < 1.29 is 9.53 Å². The summed E-state index contributed by atoms with van der Waals surface area (Å²) in [4.78, 5) is 0. The summed E-state index contributed by atoms with van der Waals surface area (Å²) in [5, 5.41) is 11.1. The molecular weight excluding hydrogens is 276 g/mol. The number of fused-ring (bicyclic) bond motifs is 1. The van der Waals surface area contributed by atoms with Gasteiger partial charge >= 0.3 is 0 Å². The Bertz CT molecular complexity index is 445. The molecule has 2 aliphatic rings. The highest BCUT2D eigenvalue weighted by Gasteiger charge is 2.60. The molecule has 0 aromatic rings. The molecule has 0 aromatic carbocycles. The van der Waals surface area contributed by atoms with E-state index in [1.165, 1.54) is 0 Å². The van der Waals surface area contributed by atoms with Crippen molar-refractivity contribution in [3.8, 4) is 12.3 Å². The van der Waals surface area contributed by atoms with E-state index in [1.807, 2.05) is 0 Å². The average Bonchev–Trinajstić information content (AvgIpc) is 2.62. The molecule has 0 amide bonds. The second-order valence-electron chi connectivity index (χ2n) is 8.88. The zero-order chi connectivity index (χ0) is 16.1. The Kier molecular flexibility index (Phi) is 4.15. The predicted octanol–water partition coefficient (Wildman–Crippen LogP) is 4.34. The number of aliphatic hydroxyl groups is 1. The van der Waals surface area contributed by atoms with E-state index in [-0.39, 0.29) is 16.6 Å². The van der Waals surface area contributed by atoms with Gasteiger partial charge in [-0.15, -0.1) is 6.42 Å². The lowest BCUT2D eigenvalue weighted by molar-refractivity contribution is -0.0768. The zero-order valence-electron chi connectivity index (χ0n) is 14.6. The third-order valence-electron chi connectivity index (χ3n) is 6.70. The smallest absolute Gasteiger partial charge is 0.192 e. The van der Waals surface area contributed by atoms with Crippen LogP contribution in [-0.2, 0) is 4.43 Å². The first-order chi connectivity index (χ1) is 9.47. The van der Waals surface area contributed by atoms with Gasteiger partial charge in [0.05, 0.1) is 0 Å². The first-order valence-corrected chi connectivity index (χ1v) is 11.3. The monoisotopic (exact) mass is 308 g/mol. The van der Waals surface area contributed by atoms with E-state index in [0.717, 1.165) is 32.1 Å². The van der Waals surface area contributed by atoms with Gasteiger partial charge in [-0.2, -0.15) is 0 Å². The Hall–Kier alpha value is -0.303. The summed E-state index contributed by atoms with van der Waals surface area (Å²) >= 11 is 0. The van der Waals surface area contributed by atoms with Gasteiger partial charge < -0.3 is 9.53 Å². The Morgan fingerprint density at radius 2 is 1.86 bits per heavy atom. The zero-order valence-corrected chi connectivity index (χ0v) is 15.6. The molecule has 4 atom stereocenters. The molecule has 21 heavy (non-hydrogen) atoms. The molecule has 0 saturated heterocycles. The Morgan fingerprint density at radius 3 is 2.38 bits per heavy atom. The van der Waals surface area contributed by atoms with Crippen LogP contribution >= 0.6 is 0 Å². The minimum atomic E-state index is -1.77. The third-order valence-corrected chi connectivity index (χ3v) is 11.2. The highest BCUT2D eigenvalue weighted by Crippen LogP contribution is 2.58. The van der Waals surface area contributed by atoms with Gasteiger partial charge in [0.1, 0.15) is 5.60 Å². The van der Waals surface area contributed by atoms with Crippen molar-refractivity contribution in [1.82, 2.24) is 0 Å². The van der Waals surface area contributed by atoms with Gasteiger partial charge in [0.2, 0.25) is 0 Å². The molecule has 0 unspecified atom stereocenters. The van der Waals surface area contributed by atoms with Crippen LogP contribution in [0.25, 0.3) is 0 Å². The maximum absolute atomic E-state index is 10.9. The second kappa shape index (κ2) is 5.11. The summed E-state index contributed by atoms with van der Waals surface area (Å²) in [5.41, 5.74) is -1.11. The SMILES string of the molecule is C#C[C@]1(O)CC[C@H]2[C@@H](O[Si](C)(C)C(C)(C)C)CCC[C@@]21C. The van der Waals surface area contributed by atoms with Crippen LogP contribution in [0.4, 0.5) is 0 Å². The van der Waals surface area contributed by atoms with Crippen LogP contribution in [0, 0.1) is 23.7 Å². The molecule has 0 aromatic heterocycles. The highest BCUT2D eigenvalue weighted by atomic mass is 28.4. The lowest BCUT2D eigenvalue weighted by Crippen LogP contribution is -2.53. The fourth-order valence-corrected chi connectivity index (χ4v) is 5.46. The van der Waals surface area contributed by atoms with E-state index in [4.69, 9.17) is 10.8 Å². The van der Waals surface area contributed by atoms with Gasteiger partial charge in [-0.1, -0.05) is 40.0 Å². The van der Waals surface area contributed by atoms with Gasteiger partial charge in [0, 0.05) is 11.5 Å². The second-order valence-corrected chi connectivity index (χ2v) is 13.6. The summed E-state index contributed by atoms with van der Waals surface area (Å²) in [6, 6.07) is 0. The Morgan fingerprint density at radius 1 is 1.24 bits per heavy atom. The lowest BCUT2D eigenvalue weighted by atomic mass is 9.63. The van der Waals surface area contributed by atoms with Crippen LogP contribution in [0.1, 0.15) is 59.8 Å². The van der Waals surface area contributed by atoms with Gasteiger partial charge in [-0.25, -0.2) is 0 Å². The molecule has 2 nitrogen and oxygen atoms in total. The van der Waals surface area contributed by atoms with E-state index in [2.05, 4.69) is 46.7 Å². The minimum absolute atomic E-state index is 0.174. The molecule has 0 spiro atoms. The Labute approximate surface area is 131 Å². The first kappa shape index (κ1) is 17.1. The number of hydrogen-bond donors (Lipinski definition) is 1. The fraction of sp³-hybridized carbons (Fsp3) is 0.889. The van der Waals surface area contributed by atoms with Crippen molar-refractivity contribution in [3.05, 3.63) is 0 Å². The van der Waals surface area contributed by atoms with E-state index in [9.17, 15) is 5.11 Å². The molecular formula is C18H32O2Si. The Balaban J connectivity index is 2.24. The normalized spacial score (nSPS) is 40.7. The largest absolute Gasteiger partial charge is 0.414 e. The molecule has 2 aliphatic carbocycles. The van der Waals surface area contributed by atoms with Crippen LogP contribution in [0.3, 0.4) is 0 Å². The van der Waals surface area contributed by atoms with Crippen LogP contribution in [0.2, 0.25) is 18.1 Å². The van der Waals surface area contributed by atoms with Crippen molar-refractivity contribution in [1.29, 1.82) is 0 Å². The van der Waals surface area contributed by atoms with E-state index in [1.54, 1.807) is 0 Å². The van der Waals surface area contributed by atoms with E-state index in [0.29, 0.717) is 5.92 Å². The van der Waals surface area contributed by atoms with Crippen LogP contribution in [0.5, 0.6) is 0 Å². The number of hydrogen-bond acceptors (Lipinski definition) is 2. The molecule has 2 fully saturated rings. The lowest BCUT2D eigenvalue weighted by Gasteiger charge is -2.49. The summed E-state index contributed by atoms with van der Waals surface area (Å²) in [7, 11) is -1.77. The van der Waals surface area contributed by atoms with Crippen LogP contribution < -0.4 is 0 Å². The van der Waals surface area contributed by atoms with Crippen molar-refractivity contribution in [2.45, 2.75) is 89.6 Å². The maximum Gasteiger partial charge on any atom is 0.192 e. The van der Waals surface area contributed by atoms with Gasteiger partial charge in [0.25, 0.3) is 0 Å². The molecule has 0 bridgehead atoms. The number of terminal acetylenes is 1. The molecule has 2 saturated carbocycles. The molecule has 0 radical (unpaired) electrons. The molecule has 120 valence electrons. The van der Waals surface area contributed by atoms with E-state index < -0.39 is 13.9 Å².